The predicted octanol–water partition coefficient (Wildman–Crippen LogP) is 1.82. The maximum Gasteiger partial charge on any atom is 0.191 e. The summed E-state index contributed by atoms with van der Waals surface area (Å²) in [7, 11) is 0. The van der Waals surface area contributed by atoms with Crippen LogP contribution in [0.2, 0.25) is 0 Å². The third kappa shape index (κ3) is 7.53. The fourth-order valence-electron chi connectivity index (χ4n) is 3.82. The zero-order chi connectivity index (χ0) is 19.8. The standard InChI is InChI=1S/C20H33FN6O.HI/c1-2-22-20(24-10-4-11-26-12-7-17(28)8-13-26)25-16-6-14-27(15-16)19-18(21)5-3-9-23-19;/h3,5,9,16-17,28H,2,4,6-8,10-15H2,1H3,(H2,22,24,25);1H. The zero-order valence-corrected chi connectivity index (χ0v) is 19.5. The van der Waals surface area contributed by atoms with Crippen molar-refractivity contribution in [3.63, 3.8) is 0 Å². The lowest BCUT2D eigenvalue weighted by Gasteiger charge is -2.29. The Morgan fingerprint density at radius 1 is 1.31 bits per heavy atom. The highest BCUT2D eigenvalue weighted by Crippen LogP contribution is 2.20. The number of guanidine groups is 1. The molecule has 2 aliphatic heterocycles. The number of aliphatic imine (C=N–C) groups is 1. The first-order chi connectivity index (χ1) is 13.7. The lowest BCUT2D eigenvalue weighted by molar-refractivity contribution is 0.0824. The minimum Gasteiger partial charge on any atom is -0.393 e. The second kappa shape index (κ2) is 12.5. The summed E-state index contributed by atoms with van der Waals surface area (Å²) in [5.41, 5.74) is 0. The molecule has 3 N–H and O–H groups in total. The van der Waals surface area contributed by atoms with Crippen molar-refractivity contribution in [2.45, 2.75) is 44.8 Å². The van der Waals surface area contributed by atoms with Crippen LogP contribution in [-0.2, 0) is 0 Å². The van der Waals surface area contributed by atoms with Gasteiger partial charge in [0.05, 0.1) is 6.10 Å². The summed E-state index contributed by atoms with van der Waals surface area (Å²) in [6.07, 6.45) is 5.20. The molecule has 2 fully saturated rings. The maximum atomic E-state index is 14.0. The lowest BCUT2D eigenvalue weighted by Crippen LogP contribution is -2.45. The van der Waals surface area contributed by atoms with Crippen molar-refractivity contribution >= 4 is 35.8 Å². The molecule has 0 radical (unpaired) electrons. The van der Waals surface area contributed by atoms with Gasteiger partial charge in [-0.2, -0.15) is 0 Å². The molecule has 0 aliphatic carbocycles. The topological polar surface area (TPSA) is 76.0 Å². The number of pyridine rings is 1. The van der Waals surface area contributed by atoms with Gasteiger partial charge >= 0.3 is 0 Å². The predicted molar refractivity (Wildman–Crippen MR) is 126 cm³/mol. The van der Waals surface area contributed by atoms with Gasteiger partial charge < -0.3 is 25.5 Å². The van der Waals surface area contributed by atoms with Gasteiger partial charge in [0, 0.05) is 51.5 Å². The molecule has 7 nitrogen and oxygen atoms in total. The molecule has 164 valence electrons. The number of nitrogens with zero attached hydrogens (tertiary/aromatic N) is 4. The molecule has 2 aliphatic rings. The highest BCUT2D eigenvalue weighted by Gasteiger charge is 2.26. The maximum absolute atomic E-state index is 14.0. The van der Waals surface area contributed by atoms with Gasteiger partial charge in [-0.25, -0.2) is 9.37 Å². The van der Waals surface area contributed by atoms with E-state index in [0.717, 1.165) is 70.9 Å². The van der Waals surface area contributed by atoms with E-state index in [1.807, 2.05) is 4.90 Å². The van der Waals surface area contributed by atoms with Gasteiger partial charge in [0.15, 0.2) is 17.6 Å². The van der Waals surface area contributed by atoms with Crippen molar-refractivity contribution in [1.82, 2.24) is 20.5 Å². The molecule has 0 amide bonds. The monoisotopic (exact) mass is 520 g/mol. The number of aromatic nitrogens is 1. The van der Waals surface area contributed by atoms with Gasteiger partial charge in [-0.3, -0.25) is 4.99 Å². The molecule has 1 unspecified atom stereocenters. The van der Waals surface area contributed by atoms with Crippen LogP contribution >= 0.6 is 24.0 Å². The van der Waals surface area contributed by atoms with Crippen LogP contribution in [0.1, 0.15) is 32.6 Å². The van der Waals surface area contributed by atoms with Crippen LogP contribution in [0.15, 0.2) is 23.3 Å². The van der Waals surface area contributed by atoms with Crippen LogP contribution in [-0.4, -0.2) is 78.9 Å². The Bertz CT molecular complexity index is 641. The van der Waals surface area contributed by atoms with E-state index in [9.17, 15) is 9.50 Å². The number of hydrogen-bond donors (Lipinski definition) is 3. The molecule has 0 bridgehead atoms. The van der Waals surface area contributed by atoms with Crippen molar-refractivity contribution in [2.75, 3.05) is 50.7 Å². The molecule has 1 aromatic rings. The van der Waals surface area contributed by atoms with E-state index in [-0.39, 0.29) is 41.9 Å². The number of hydrogen-bond acceptors (Lipinski definition) is 5. The number of aliphatic hydroxyl groups is 1. The third-order valence-electron chi connectivity index (χ3n) is 5.37. The molecule has 3 rings (SSSR count). The number of rotatable bonds is 7. The molecule has 29 heavy (non-hydrogen) atoms. The first-order valence-electron chi connectivity index (χ1n) is 10.5. The molecule has 0 saturated carbocycles. The van der Waals surface area contributed by atoms with Crippen LogP contribution in [0.25, 0.3) is 0 Å². The van der Waals surface area contributed by atoms with Crippen LogP contribution in [0.3, 0.4) is 0 Å². The Morgan fingerprint density at radius 3 is 2.83 bits per heavy atom. The van der Waals surface area contributed by atoms with E-state index in [4.69, 9.17) is 4.99 Å². The Labute approximate surface area is 190 Å². The smallest absolute Gasteiger partial charge is 0.191 e. The normalized spacial score (nSPS) is 21.1. The van der Waals surface area contributed by atoms with Crippen molar-refractivity contribution in [1.29, 1.82) is 0 Å². The van der Waals surface area contributed by atoms with Crippen molar-refractivity contribution in [3.05, 3.63) is 24.1 Å². The fraction of sp³-hybridized carbons (Fsp3) is 0.700. The van der Waals surface area contributed by atoms with E-state index in [1.165, 1.54) is 6.07 Å². The molecule has 0 aromatic carbocycles. The second-order valence-corrected chi connectivity index (χ2v) is 7.57. The van der Waals surface area contributed by atoms with Gasteiger partial charge in [-0.15, -0.1) is 24.0 Å². The summed E-state index contributed by atoms with van der Waals surface area (Å²) < 4.78 is 14.0. The number of aliphatic hydroxyl groups excluding tert-OH is 1. The third-order valence-corrected chi connectivity index (χ3v) is 5.37. The van der Waals surface area contributed by atoms with Crippen LogP contribution in [0.4, 0.5) is 10.2 Å². The number of halogens is 2. The van der Waals surface area contributed by atoms with Crippen molar-refractivity contribution in [2.24, 2.45) is 4.99 Å². The number of piperidine rings is 1. The summed E-state index contributed by atoms with van der Waals surface area (Å²) in [6.45, 7) is 8.10. The highest BCUT2D eigenvalue weighted by molar-refractivity contribution is 14.0. The fourth-order valence-corrected chi connectivity index (χ4v) is 3.82. The molecule has 2 saturated heterocycles. The average Bonchev–Trinajstić information content (AvgIpc) is 3.15. The van der Waals surface area contributed by atoms with Crippen molar-refractivity contribution < 1.29 is 9.50 Å². The first kappa shape index (κ1) is 24.1. The molecule has 0 spiro atoms. The lowest BCUT2D eigenvalue weighted by atomic mass is 10.1. The van der Waals surface area contributed by atoms with Crippen LogP contribution in [0.5, 0.6) is 0 Å². The number of anilines is 1. The molecule has 3 heterocycles. The van der Waals surface area contributed by atoms with Gasteiger partial charge in [-0.05, 0) is 51.3 Å². The SMILES string of the molecule is CCNC(=NCCCN1CCC(O)CC1)NC1CCN(c2ncccc2F)C1.I. The summed E-state index contributed by atoms with van der Waals surface area (Å²) >= 11 is 0. The van der Waals surface area contributed by atoms with Crippen LogP contribution in [0, 0.1) is 5.82 Å². The van der Waals surface area contributed by atoms with Gasteiger partial charge in [0.2, 0.25) is 0 Å². The summed E-state index contributed by atoms with van der Waals surface area (Å²) in [5.74, 6) is 0.985. The first-order valence-corrected chi connectivity index (χ1v) is 10.5. The Kier molecular flexibility index (Phi) is 10.4. The van der Waals surface area contributed by atoms with E-state index in [2.05, 4.69) is 27.4 Å². The van der Waals surface area contributed by atoms with Gasteiger partial charge in [-0.1, -0.05) is 0 Å². The van der Waals surface area contributed by atoms with E-state index >= 15 is 0 Å². The minimum atomic E-state index is -0.269. The van der Waals surface area contributed by atoms with E-state index < -0.39 is 0 Å². The summed E-state index contributed by atoms with van der Waals surface area (Å²) in [5, 5.41) is 16.4. The number of likely N-dealkylation sites (tertiary alicyclic amines) is 1. The minimum absolute atomic E-state index is 0. The Hall–Kier alpha value is -1.20. The van der Waals surface area contributed by atoms with Gasteiger partial charge in [0.25, 0.3) is 0 Å². The second-order valence-electron chi connectivity index (χ2n) is 7.57. The van der Waals surface area contributed by atoms with Gasteiger partial charge in [0.1, 0.15) is 0 Å². The molecule has 1 atom stereocenters. The van der Waals surface area contributed by atoms with E-state index in [0.29, 0.717) is 12.4 Å². The summed E-state index contributed by atoms with van der Waals surface area (Å²) in [6, 6.07) is 3.30. The largest absolute Gasteiger partial charge is 0.393 e. The quantitative estimate of drug-likeness (QED) is 0.221. The summed E-state index contributed by atoms with van der Waals surface area (Å²) in [4.78, 5) is 13.3. The van der Waals surface area contributed by atoms with Crippen LogP contribution < -0.4 is 15.5 Å². The molecule has 9 heteroatoms. The zero-order valence-electron chi connectivity index (χ0n) is 17.2. The average molecular weight is 520 g/mol. The van der Waals surface area contributed by atoms with E-state index in [1.54, 1.807) is 12.3 Å². The number of nitrogens with one attached hydrogen (secondary N) is 2. The molecular formula is C20H34FIN6O. The molecular weight excluding hydrogens is 486 g/mol. The molecule has 1 aromatic heterocycles. The Morgan fingerprint density at radius 2 is 2.10 bits per heavy atom. The Balaban J connectivity index is 0.00000300. The highest BCUT2D eigenvalue weighted by atomic mass is 127. The van der Waals surface area contributed by atoms with Crippen molar-refractivity contribution in [3.8, 4) is 0 Å².